The number of aliphatic carboxylic acids is 1. The smallest absolute Gasteiger partial charge is 0.326 e. The molecule has 3 N–H and O–H groups in total. The summed E-state index contributed by atoms with van der Waals surface area (Å²) in [5.41, 5.74) is 0. The summed E-state index contributed by atoms with van der Waals surface area (Å²) in [6, 6.07) is -0.760. The fourth-order valence-corrected chi connectivity index (χ4v) is 2.26. The molecule has 1 fully saturated rings. The Morgan fingerprint density at radius 2 is 2.00 bits per heavy atom. The SMILES string of the molecule is CC[C@H](C)[C@H](NC(=O)CC1CCNCC1)C(=O)O. The second-order valence-electron chi connectivity index (χ2n) is 5.17. The molecule has 5 heteroatoms. The second-order valence-corrected chi connectivity index (χ2v) is 5.17. The molecule has 1 rings (SSSR count). The molecule has 0 aliphatic carbocycles. The number of nitrogens with one attached hydrogen (secondary N) is 2. The average Bonchev–Trinajstić information content (AvgIpc) is 2.36. The van der Waals surface area contributed by atoms with Crippen LogP contribution in [0.15, 0.2) is 0 Å². The van der Waals surface area contributed by atoms with Crippen LogP contribution in [0.25, 0.3) is 0 Å². The summed E-state index contributed by atoms with van der Waals surface area (Å²) in [7, 11) is 0. The van der Waals surface area contributed by atoms with Crippen molar-refractivity contribution < 1.29 is 14.7 Å². The van der Waals surface area contributed by atoms with Crippen LogP contribution in [0.1, 0.15) is 39.5 Å². The van der Waals surface area contributed by atoms with Crippen molar-refractivity contribution in [1.29, 1.82) is 0 Å². The number of carbonyl (C=O) groups is 2. The number of amides is 1. The normalized spacial score (nSPS) is 20.1. The van der Waals surface area contributed by atoms with E-state index in [4.69, 9.17) is 5.11 Å². The first kappa shape index (κ1) is 15.0. The summed E-state index contributed by atoms with van der Waals surface area (Å²) in [5, 5.41) is 15.0. The Labute approximate surface area is 108 Å². The lowest BCUT2D eigenvalue weighted by atomic mass is 9.93. The van der Waals surface area contributed by atoms with E-state index in [-0.39, 0.29) is 11.8 Å². The van der Waals surface area contributed by atoms with Crippen molar-refractivity contribution in [3.8, 4) is 0 Å². The van der Waals surface area contributed by atoms with Crippen molar-refractivity contribution in [3.05, 3.63) is 0 Å². The fraction of sp³-hybridized carbons (Fsp3) is 0.846. The predicted octanol–water partition coefficient (Wildman–Crippen LogP) is 0.992. The van der Waals surface area contributed by atoms with E-state index in [9.17, 15) is 9.59 Å². The zero-order chi connectivity index (χ0) is 13.5. The Morgan fingerprint density at radius 3 is 2.50 bits per heavy atom. The van der Waals surface area contributed by atoms with E-state index >= 15 is 0 Å². The lowest BCUT2D eigenvalue weighted by molar-refractivity contribution is -0.143. The molecule has 5 nitrogen and oxygen atoms in total. The van der Waals surface area contributed by atoms with Crippen LogP contribution in [-0.2, 0) is 9.59 Å². The summed E-state index contributed by atoms with van der Waals surface area (Å²) in [4.78, 5) is 23.0. The molecule has 0 aromatic heterocycles. The van der Waals surface area contributed by atoms with Gasteiger partial charge in [0.1, 0.15) is 6.04 Å². The minimum atomic E-state index is -0.942. The van der Waals surface area contributed by atoms with Crippen molar-refractivity contribution in [2.24, 2.45) is 11.8 Å². The monoisotopic (exact) mass is 256 g/mol. The topological polar surface area (TPSA) is 78.4 Å². The maximum atomic E-state index is 11.9. The number of piperidine rings is 1. The summed E-state index contributed by atoms with van der Waals surface area (Å²) < 4.78 is 0. The molecule has 1 amide bonds. The minimum Gasteiger partial charge on any atom is -0.480 e. The molecular formula is C13H24N2O3. The van der Waals surface area contributed by atoms with Gasteiger partial charge in [0.2, 0.25) is 5.91 Å². The largest absolute Gasteiger partial charge is 0.480 e. The molecule has 1 heterocycles. The van der Waals surface area contributed by atoms with Gasteiger partial charge in [-0.15, -0.1) is 0 Å². The molecule has 0 saturated carbocycles. The van der Waals surface area contributed by atoms with Gasteiger partial charge in [0.05, 0.1) is 0 Å². The molecule has 0 spiro atoms. The third kappa shape index (κ3) is 4.64. The first-order chi connectivity index (χ1) is 8.54. The van der Waals surface area contributed by atoms with Gasteiger partial charge in [0, 0.05) is 6.42 Å². The van der Waals surface area contributed by atoms with E-state index < -0.39 is 12.0 Å². The summed E-state index contributed by atoms with van der Waals surface area (Å²) in [5.74, 6) is -0.727. The molecule has 0 radical (unpaired) electrons. The maximum absolute atomic E-state index is 11.9. The Balaban J connectivity index is 2.42. The fourth-order valence-electron chi connectivity index (χ4n) is 2.26. The Bertz CT molecular complexity index is 288. The number of hydrogen-bond donors (Lipinski definition) is 3. The van der Waals surface area contributed by atoms with E-state index in [1.165, 1.54) is 0 Å². The standard InChI is InChI=1S/C13H24N2O3/c1-3-9(2)12(13(17)18)15-11(16)8-10-4-6-14-7-5-10/h9-10,12,14H,3-8H2,1-2H3,(H,15,16)(H,17,18)/t9-,12-/m0/s1. The number of rotatable bonds is 6. The number of carbonyl (C=O) groups excluding carboxylic acids is 1. The molecule has 2 atom stereocenters. The lowest BCUT2D eigenvalue weighted by Crippen LogP contribution is -2.45. The molecule has 1 aliphatic rings. The van der Waals surface area contributed by atoms with Crippen molar-refractivity contribution in [1.82, 2.24) is 10.6 Å². The molecule has 104 valence electrons. The number of hydrogen-bond acceptors (Lipinski definition) is 3. The van der Waals surface area contributed by atoms with E-state index in [1.54, 1.807) is 0 Å². The Hall–Kier alpha value is -1.10. The van der Waals surface area contributed by atoms with Crippen molar-refractivity contribution >= 4 is 11.9 Å². The van der Waals surface area contributed by atoms with Gasteiger partial charge in [-0.3, -0.25) is 4.79 Å². The Morgan fingerprint density at radius 1 is 1.39 bits per heavy atom. The van der Waals surface area contributed by atoms with Crippen molar-refractivity contribution in [2.45, 2.75) is 45.6 Å². The van der Waals surface area contributed by atoms with Crippen LogP contribution in [0.3, 0.4) is 0 Å². The van der Waals surface area contributed by atoms with Gasteiger partial charge >= 0.3 is 5.97 Å². The minimum absolute atomic E-state index is 0.0422. The Kier molecular flexibility index (Phi) is 6.12. The van der Waals surface area contributed by atoms with Crippen LogP contribution < -0.4 is 10.6 Å². The molecule has 0 aromatic carbocycles. The van der Waals surface area contributed by atoms with E-state index in [0.717, 1.165) is 32.4 Å². The molecule has 18 heavy (non-hydrogen) atoms. The van der Waals surface area contributed by atoms with Gasteiger partial charge < -0.3 is 15.7 Å². The van der Waals surface area contributed by atoms with E-state index in [1.807, 2.05) is 13.8 Å². The maximum Gasteiger partial charge on any atom is 0.326 e. The number of carboxylic acid groups (broad SMARTS) is 1. The number of carboxylic acids is 1. The first-order valence-electron chi connectivity index (χ1n) is 6.77. The molecule has 1 aliphatic heterocycles. The highest BCUT2D eigenvalue weighted by molar-refractivity contribution is 5.83. The van der Waals surface area contributed by atoms with Crippen LogP contribution in [0.4, 0.5) is 0 Å². The molecular weight excluding hydrogens is 232 g/mol. The first-order valence-corrected chi connectivity index (χ1v) is 6.77. The molecule has 1 saturated heterocycles. The van der Waals surface area contributed by atoms with Gasteiger partial charge in [-0.2, -0.15) is 0 Å². The highest BCUT2D eigenvalue weighted by atomic mass is 16.4. The van der Waals surface area contributed by atoms with Gasteiger partial charge in [-0.05, 0) is 37.8 Å². The highest BCUT2D eigenvalue weighted by Gasteiger charge is 2.26. The third-order valence-corrected chi connectivity index (χ3v) is 3.73. The van der Waals surface area contributed by atoms with Crippen LogP contribution in [0.5, 0.6) is 0 Å². The third-order valence-electron chi connectivity index (χ3n) is 3.73. The van der Waals surface area contributed by atoms with Crippen LogP contribution in [0.2, 0.25) is 0 Å². The van der Waals surface area contributed by atoms with Gasteiger partial charge in [0.25, 0.3) is 0 Å². The summed E-state index contributed by atoms with van der Waals surface area (Å²) >= 11 is 0. The zero-order valence-electron chi connectivity index (χ0n) is 11.2. The zero-order valence-corrected chi connectivity index (χ0v) is 11.2. The van der Waals surface area contributed by atoms with Gasteiger partial charge in [-0.25, -0.2) is 4.79 Å². The molecule has 0 unspecified atom stereocenters. The summed E-state index contributed by atoms with van der Waals surface area (Å²) in [6.07, 6.45) is 3.18. The second kappa shape index (κ2) is 7.36. The van der Waals surface area contributed by atoms with Gasteiger partial charge in [0.15, 0.2) is 0 Å². The van der Waals surface area contributed by atoms with Crippen molar-refractivity contribution in [3.63, 3.8) is 0 Å². The van der Waals surface area contributed by atoms with Gasteiger partial charge in [-0.1, -0.05) is 20.3 Å². The van der Waals surface area contributed by atoms with E-state index in [2.05, 4.69) is 10.6 Å². The molecule has 0 aromatic rings. The van der Waals surface area contributed by atoms with Crippen LogP contribution in [-0.4, -0.2) is 36.1 Å². The molecule has 0 bridgehead atoms. The quantitative estimate of drug-likeness (QED) is 0.662. The summed E-state index contributed by atoms with van der Waals surface area (Å²) in [6.45, 7) is 5.68. The predicted molar refractivity (Wildman–Crippen MR) is 69.2 cm³/mol. The van der Waals surface area contributed by atoms with Crippen molar-refractivity contribution in [2.75, 3.05) is 13.1 Å². The lowest BCUT2D eigenvalue weighted by Gasteiger charge is -2.24. The van der Waals surface area contributed by atoms with E-state index in [0.29, 0.717) is 12.3 Å². The van der Waals surface area contributed by atoms with Crippen LogP contribution in [0, 0.1) is 11.8 Å². The van der Waals surface area contributed by atoms with Crippen LogP contribution >= 0.6 is 0 Å². The average molecular weight is 256 g/mol. The highest BCUT2D eigenvalue weighted by Crippen LogP contribution is 2.16.